The third kappa shape index (κ3) is 3.80. The van der Waals surface area contributed by atoms with Crippen molar-refractivity contribution in [1.82, 2.24) is 30.0 Å². The molecule has 0 aliphatic heterocycles. The van der Waals surface area contributed by atoms with E-state index in [1.165, 1.54) is 6.33 Å². The molecule has 0 fully saturated rings. The largest absolute Gasteiger partial charge is 0.441 e. The van der Waals surface area contributed by atoms with Gasteiger partial charge in [-0.25, -0.2) is 19.6 Å². The monoisotopic (exact) mass is 374 g/mol. The molecule has 28 heavy (non-hydrogen) atoms. The molecule has 0 saturated heterocycles. The Kier molecular flexibility index (Phi) is 4.92. The molecule has 0 atom stereocenters. The molecule has 0 unspecified atom stereocenters. The first-order valence-corrected chi connectivity index (χ1v) is 8.78. The van der Waals surface area contributed by atoms with Crippen LogP contribution in [-0.4, -0.2) is 30.6 Å². The number of rotatable bonds is 6. The molecule has 4 aromatic rings. The van der Waals surface area contributed by atoms with Crippen LogP contribution in [0, 0.1) is 6.92 Å². The normalized spacial score (nSPS) is 10.8. The van der Waals surface area contributed by atoms with Gasteiger partial charge < -0.3 is 9.73 Å². The third-order valence-corrected chi connectivity index (χ3v) is 4.22. The number of pyridine rings is 1. The summed E-state index contributed by atoms with van der Waals surface area (Å²) in [5, 5.41) is 7.00. The summed E-state index contributed by atoms with van der Waals surface area (Å²) in [6.07, 6.45) is 4.82. The van der Waals surface area contributed by atoms with Crippen molar-refractivity contribution in [3.05, 3.63) is 78.3 Å². The van der Waals surface area contributed by atoms with Gasteiger partial charge in [0, 0.05) is 23.9 Å². The number of aromatic nitrogens is 5. The highest BCUT2D eigenvalue weighted by Gasteiger charge is 2.15. The van der Waals surface area contributed by atoms with Gasteiger partial charge in [-0.2, -0.15) is 5.10 Å². The van der Waals surface area contributed by atoms with Crippen LogP contribution in [0.1, 0.15) is 17.0 Å². The average molecular weight is 374 g/mol. The van der Waals surface area contributed by atoms with Gasteiger partial charge in [-0.3, -0.25) is 4.79 Å². The Balaban J connectivity index is 1.43. The van der Waals surface area contributed by atoms with Crippen LogP contribution in [0.25, 0.3) is 17.3 Å². The Morgan fingerprint density at radius 1 is 1.18 bits per heavy atom. The van der Waals surface area contributed by atoms with Gasteiger partial charge in [-0.15, -0.1) is 0 Å². The smallest absolute Gasteiger partial charge is 0.226 e. The molecule has 1 amide bonds. The predicted octanol–water partition coefficient (Wildman–Crippen LogP) is 2.48. The lowest BCUT2D eigenvalue weighted by Gasteiger charge is -2.09. The Morgan fingerprint density at radius 2 is 2.04 bits per heavy atom. The second-order valence-corrected chi connectivity index (χ2v) is 6.17. The zero-order valence-electron chi connectivity index (χ0n) is 15.2. The van der Waals surface area contributed by atoms with E-state index in [0.717, 1.165) is 11.1 Å². The van der Waals surface area contributed by atoms with Crippen LogP contribution in [0.4, 0.5) is 0 Å². The topological polar surface area (TPSA) is 98.7 Å². The molecular weight excluding hydrogens is 356 g/mol. The van der Waals surface area contributed by atoms with E-state index in [2.05, 4.69) is 25.4 Å². The second kappa shape index (κ2) is 7.83. The molecule has 8 nitrogen and oxygen atoms in total. The molecule has 4 rings (SSSR count). The molecule has 3 aromatic heterocycles. The number of hydrogen-bond donors (Lipinski definition) is 1. The Labute approximate surface area is 161 Å². The van der Waals surface area contributed by atoms with E-state index in [-0.39, 0.29) is 12.3 Å². The van der Waals surface area contributed by atoms with Crippen molar-refractivity contribution in [2.45, 2.75) is 19.9 Å². The highest BCUT2D eigenvalue weighted by molar-refractivity contribution is 5.78. The minimum atomic E-state index is -0.149. The molecule has 0 spiro atoms. The van der Waals surface area contributed by atoms with Crippen LogP contribution < -0.4 is 5.32 Å². The maximum Gasteiger partial charge on any atom is 0.226 e. The van der Waals surface area contributed by atoms with Gasteiger partial charge in [-0.1, -0.05) is 24.3 Å². The number of nitrogens with zero attached hydrogens (tertiary/aromatic N) is 5. The van der Waals surface area contributed by atoms with Crippen LogP contribution in [0.3, 0.4) is 0 Å². The molecule has 0 bridgehead atoms. The fourth-order valence-electron chi connectivity index (χ4n) is 2.80. The molecular formula is C20H18N6O2. The van der Waals surface area contributed by atoms with Gasteiger partial charge in [0.1, 0.15) is 18.4 Å². The number of oxazole rings is 1. The van der Waals surface area contributed by atoms with Gasteiger partial charge >= 0.3 is 0 Å². The Morgan fingerprint density at radius 3 is 2.82 bits per heavy atom. The number of nitrogens with one attached hydrogen (secondary N) is 1. The summed E-state index contributed by atoms with van der Waals surface area (Å²) in [6, 6.07) is 13.3. The first kappa shape index (κ1) is 17.6. The van der Waals surface area contributed by atoms with Crippen molar-refractivity contribution in [2.75, 3.05) is 0 Å². The maximum atomic E-state index is 12.4. The van der Waals surface area contributed by atoms with Crippen molar-refractivity contribution in [3.8, 4) is 17.3 Å². The van der Waals surface area contributed by atoms with Crippen LogP contribution >= 0.6 is 0 Å². The Hall–Kier alpha value is -3.81. The van der Waals surface area contributed by atoms with E-state index in [9.17, 15) is 4.79 Å². The van der Waals surface area contributed by atoms with Crippen molar-refractivity contribution >= 4 is 5.91 Å². The van der Waals surface area contributed by atoms with E-state index in [0.29, 0.717) is 29.7 Å². The SMILES string of the molecule is Cc1oc(-c2ccccc2)nc1CC(=O)NCc1cccnc1-n1cncn1. The van der Waals surface area contributed by atoms with Gasteiger partial charge in [0.25, 0.3) is 0 Å². The number of carbonyl (C=O) groups is 1. The summed E-state index contributed by atoms with van der Waals surface area (Å²) in [5.74, 6) is 1.63. The highest BCUT2D eigenvalue weighted by Crippen LogP contribution is 2.21. The minimum Gasteiger partial charge on any atom is -0.441 e. The molecule has 1 N–H and O–H groups in total. The zero-order chi connectivity index (χ0) is 19.3. The maximum absolute atomic E-state index is 12.4. The van der Waals surface area contributed by atoms with E-state index in [4.69, 9.17) is 4.42 Å². The van der Waals surface area contributed by atoms with Crippen molar-refractivity contribution in [3.63, 3.8) is 0 Å². The summed E-state index contributed by atoms with van der Waals surface area (Å²) >= 11 is 0. The van der Waals surface area contributed by atoms with Crippen molar-refractivity contribution in [1.29, 1.82) is 0 Å². The van der Waals surface area contributed by atoms with Crippen molar-refractivity contribution in [2.24, 2.45) is 0 Å². The highest BCUT2D eigenvalue weighted by atomic mass is 16.4. The quantitative estimate of drug-likeness (QED) is 0.557. The predicted molar refractivity (Wildman–Crippen MR) is 101 cm³/mol. The molecule has 140 valence electrons. The average Bonchev–Trinajstić information content (AvgIpc) is 3.38. The van der Waals surface area contributed by atoms with Crippen LogP contribution in [0.2, 0.25) is 0 Å². The van der Waals surface area contributed by atoms with Gasteiger partial charge in [0.05, 0.1) is 12.1 Å². The first-order chi connectivity index (χ1) is 13.7. The molecule has 3 heterocycles. The van der Waals surface area contributed by atoms with E-state index in [1.807, 2.05) is 49.4 Å². The minimum absolute atomic E-state index is 0.140. The fourth-order valence-corrected chi connectivity index (χ4v) is 2.80. The number of benzene rings is 1. The molecule has 0 aliphatic carbocycles. The lowest BCUT2D eigenvalue weighted by Crippen LogP contribution is -2.25. The lowest BCUT2D eigenvalue weighted by atomic mass is 10.2. The van der Waals surface area contributed by atoms with E-state index >= 15 is 0 Å². The Bertz CT molecular complexity index is 1070. The molecule has 1 aromatic carbocycles. The van der Waals surface area contributed by atoms with Gasteiger partial charge in [0.2, 0.25) is 11.8 Å². The summed E-state index contributed by atoms with van der Waals surface area (Å²) in [7, 11) is 0. The van der Waals surface area contributed by atoms with Gasteiger partial charge in [-0.05, 0) is 25.1 Å². The first-order valence-electron chi connectivity index (χ1n) is 8.78. The lowest BCUT2D eigenvalue weighted by molar-refractivity contribution is -0.120. The number of carbonyl (C=O) groups excluding carboxylic acids is 1. The fraction of sp³-hybridized carbons (Fsp3) is 0.150. The zero-order valence-corrected chi connectivity index (χ0v) is 15.2. The summed E-state index contributed by atoms with van der Waals surface area (Å²) in [5.41, 5.74) is 2.34. The second-order valence-electron chi connectivity index (χ2n) is 6.17. The van der Waals surface area contributed by atoms with E-state index in [1.54, 1.807) is 17.2 Å². The van der Waals surface area contributed by atoms with Crippen LogP contribution in [0.15, 0.2) is 65.7 Å². The number of hydrogen-bond acceptors (Lipinski definition) is 6. The van der Waals surface area contributed by atoms with Crippen LogP contribution in [-0.2, 0) is 17.8 Å². The van der Waals surface area contributed by atoms with Crippen molar-refractivity contribution < 1.29 is 9.21 Å². The van der Waals surface area contributed by atoms with Gasteiger partial charge in [0.15, 0.2) is 5.82 Å². The summed E-state index contributed by atoms with van der Waals surface area (Å²) < 4.78 is 7.28. The number of amides is 1. The molecule has 8 heteroatoms. The van der Waals surface area contributed by atoms with Crippen LogP contribution in [0.5, 0.6) is 0 Å². The standard InChI is InChI=1S/C20H18N6O2/c1-14-17(25-20(28-14)15-6-3-2-4-7-15)10-18(27)23-11-16-8-5-9-22-19(16)26-13-21-12-24-26/h2-9,12-13H,10-11H2,1H3,(H,23,27). The molecule has 0 aliphatic rings. The number of aryl methyl sites for hydroxylation is 1. The summed E-state index contributed by atoms with van der Waals surface area (Å²) in [6.45, 7) is 2.14. The molecule has 0 saturated carbocycles. The molecule has 0 radical (unpaired) electrons. The third-order valence-electron chi connectivity index (χ3n) is 4.22. The summed E-state index contributed by atoms with van der Waals surface area (Å²) in [4.78, 5) is 25.2. The van der Waals surface area contributed by atoms with E-state index < -0.39 is 0 Å².